The van der Waals surface area contributed by atoms with Crippen molar-refractivity contribution in [1.29, 1.82) is 0 Å². The summed E-state index contributed by atoms with van der Waals surface area (Å²) < 4.78 is 10.3. The van der Waals surface area contributed by atoms with Crippen molar-refractivity contribution in [3.05, 3.63) is 24.2 Å². The Labute approximate surface area is 102 Å². The number of esters is 1. The van der Waals surface area contributed by atoms with Crippen LogP contribution in [0, 0.1) is 0 Å². The number of carbonyl (C=O) groups is 1. The van der Waals surface area contributed by atoms with Gasteiger partial charge in [-0.1, -0.05) is 13.3 Å². The van der Waals surface area contributed by atoms with Gasteiger partial charge in [-0.15, -0.1) is 0 Å². The molecule has 0 saturated heterocycles. The molecule has 96 valence electrons. The summed E-state index contributed by atoms with van der Waals surface area (Å²) in [7, 11) is 0. The standard InChI is InChI=1S/C13H21NO3/c1-4-7-11(13(15)16-5-2)14-10(3)12-8-6-9-17-12/h6,8-11,14H,4-5,7H2,1-3H3. The molecule has 0 aliphatic rings. The monoisotopic (exact) mass is 239 g/mol. The van der Waals surface area contributed by atoms with Crippen molar-refractivity contribution in [1.82, 2.24) is 5.32 Å². The fourth-order valence-corrected chi connectivity index (χ4v) is 1.72. The lowest BCUT2D eigenvalue weighted by Crippen LogP contribution is -2.39. The Bertz CT molecular complexity index is 321. The maximum atomic E-state index is 11.7. The lowest BCUT2D eigenvalue weighted by atomic mass is 10.1. The summed E-state index contributed by atoms with van der Waals surface area (Å²) in [6, 6.07) is 3.48. The number of hydrogen-bond donors (Lipinski definition) is 1. The van der Waals surface area contributed by atoms with Gasteiger partial charge in [0.2, 0.25) is 0 Å². The number of nitrogens with one attached hydrogen (secondary N) is 1. The second-order valence-corrected chi connectivity index (χ2v) is 4.00. The van der Waals surface area contributed by atoms with Crippen LogP contribution < -0.4 is 5.32 Å². The van der Waals surface area contributed by atoms with Crippen LogP contribution in [-0.2, 0) is 9.53 Å². The van der Waals surface area contributed by atoms with Gasteiger partial charge in [-0.05, 0) is 32.4 Å². The molecule has 2 atom stereocenters. The van der Waals surface area contributed by atoms with Gasteiger partial charge in [0, 0.05) is 0 Å². The van der Waals surface area contributed by atoms with E-state index in [2.05, 4.69) is 5.32 Å². The Morgan fingerprint density at radius 1 is 1.53 bits per heavy atom. The van der Waals surface area contributed by atoms with E-state index in [-0.39, 0.29) is 18.1 Å². The third-order valence-corrected chi connectivity index (χ3v) is 2.57. The molecule has 1 aromatic heterocycles. The van der Waals surface area contributed by atoms with Crippen LogP contribution in [0.25, 0.3) is 0 Å². The molecule has 0 amide bonds. The first kappa shape index (κ1) is 13.8. The van der Waals surface area contributed by atoms with Crippen molar-refractivity contribution in [3.63, 3.8) is 0 Å². The first-order valence-corrected chi connectivity index (χ1v) is 6.15. The molecular formula is C13H21NO3. The Kier molecular flexibility index (Phi) is 5.77. The smallest absolute Gasteiger partial charge is 0.323 e. The molecule has 0 spiro atoms. The predicted molar refractivity (Wildman–Crippen MR) is 65.6 cm³/mol. The molecule has 0 bridgehead atoms. The number of carbonyl (C=O) groups excluding carboxylic acids is 1. The van der Waals surface area contributed by atoms with Gasteiger partial charge in [0.05, 0.1) is 18.9 Å². The van der Waals surface area contributed by atoms with Gasteiger partial charge in [-0.25, -0.2) is 0 Å². The summed E-state index contributed by atoms with van der Waals surface area (Å²) in [5, 5.41) is 3.24. The average Bonchev–Trinajstić information content (AvgIpc) is 2.82. The molecule has 1 N–H and O–H groups in total. The van der Waals surface area contributed by atoms with Crippen molar-refractivity contribution < 1.29 is 13.9 Å². The highest BCUT2D eigenvalue weighted by atomic mass is 16.5. The van der Waals surface area contributed by atoms with Crippen molar-refractivity contribution in [2.75, 3.05) is 6.61 Å². The molecule has 4 heteroatoms. The van der Waals surface area contributed by atoms with Crippen LogP contribution >= 0.6 is 0 Å². The van der Waals surface area contributed by atoms with E-state index in [1.807, 2.05) is 32.9 Å². The molecule has 17 heavy (non-hydrogen) atoms. The highest BCUT2D eigenvalue weighted by molar-refractivity contribution is 5.75. The summed E-state index contributed by atoms with van der Waals surface area (Å²) >= 11 is 0. The van der Waals surface area contributed by atoms with E-state index in [0.29, 0.717) is 6.61 Å². The van der Waals surface area contributed by atoms with Gasteiger partial charge in [-0.2, -0.15) is 0 Å². The topological polar surface area (TPSA) is 51.5 Å². The molecule has 0 aliphatic heterocycles. The van der Waals surface area contributed by atoms with Crippen LogP contribution in [0.5, 0.6) is 0 Å². The lowest BCUT2D eigenvalue weighted by Gasteiger charge is -2.20. The van der Waals surface area contributed by atoms with E-state index in [1.165, 1.54) is 0 Å². The van der Waals surface area contributed by atoms with Crippen LogP contribution in [0.2, 0.25) is 0 Å². The summed E-state index contributed by atoms with van der Waals surface area (Å²) in [5.74, 6) is 0.642. The quantitative estimate of drug-likeness (QED) is 0.743. The largest absolute Gasteiger partial charge is 0.468 e. The third kappa shape index (κ3) is 4.23. The number of hydrogen-bond acceptors (Lipinski definition) is 4. The zero-order chi connectivity index (χ0) is 12.7. The summed E-state index contributed by atoms with van der Waals surface area (Å²) in [4.78, 5) is 11.7. The molecule has 1 heterocycles. The zero-order valence-corrected chi connectivity index (χ0v) is 10.7. The Balaban J connectivity index is 2.56. The van der Waals surface area contributed by atoms with E-state index in [9.17, 15) is 4.79 Å². The van der Waals surface area contributed by atoms with Gasteiger partial charge < -0.3 is 9.15 Å². The molecule has 1 rings (SSSR count). The lowest BCUT2D eigenvalue weighted by molar-refractivity contribution is -0.146. The van der Waals surface area contributed by atoms with Gasteiger partial charge in [0.25, 0.3) is 0 Å². The fourth-order valence-electron chi connectivity index (χ4n) is 1.72. The van der Waals surface area contributed by atoms with Crippen LogP contribution in [0.3, 0.4) is 0 Å². The van der Waals surface area contributed by atoms with Gasteiger partial charge in [0.15, 0.2) is 0 Å². The van der Waals surface area contributed by atoms with Gasteiger partial charge in [0.1, 0.15) is 11.8 Å². The Morgan fingerprint density at radius 3 is 2.82 bits per heavy atom. The summed E-state index contributed by atoms with van der Waals surface area (Å²) in [6.07, 6.45) is 3.33. The van der Waals surface area contributed by atoms with E-state index in [4.69, 9.17) is 9.15 Å². The molecule has 2 unspecified atom stereocenters. The first-order chi connectivity index (χ1) is 8.19. The number of rotatable bonds is 7. The molecule has 0 fully saturated rings. The first-order valence-electron chi connectivity index (χ1n) is 6.15. The van der Waals surface area contributed by atoms with E-state index in [1.54, 1.807) is 6.26 Å². The van der Waals surface area contributed by atoms with Crippen molar-refractivity contribution in [2.45, 2.75) is 45.7 Å². The number of ether oxygens (including phenoxy) is 1. The molecule has 0 saturated carbocycles. The molecule has 0 radical (unpaired) electrons. The highest BCUT2D eigenvalue weighted by Gasteiger charge is 2.22. The van der Waals surface area contributed by atoms with Crippen LogP contribution in [0.15, 0.2) is 22.8 Å². The van der Waals surface area contributed by atoms with Crippen LogP contribution in [-0.4, -0.2) is 18.6 Å². The molecule has 0 aliphatic carbocycles. The third-order valence-electron chi connectivity index (χ3n) is 2.57. The molecular weight excluding hydrogens is 218 g/mol. The van der Waals surface area contributed by atoms with E-state index >= 15 is 0 Å². The minimum absolute atomic E-state index is 0.00551. The van der Waals surface area contributed by atoms with Gasteiger partial charge >= 0.3 is 5.97 Å². The minimum Gasteiger partial charge on any atom is -0.468 e. The maximum absolute atomic E-state index is 11.7. The minimum atomic E-state index is -0.264. The molecule has 0 aromatic carbocycles. The van der Waals surface area contributed by atoms with Gasteiger partial charge in [-0.3, -0.25) is 10.1 Å². The summed E-state index contributed by atoms with van der Waals surface area (Å²) in [5.41, 5.74) is 0. The Hall–Kier alpha value is -1.29. The van der Waals surface area contributed by atoms with E-state index < -0.39 is 0 Å². The van der Waals surface area contributed by atoms with Crippen LogP contribution in [0.4, 0.5) is 0 Å². The molecule has 4 nitrogen and oxygen atoms in total. The predicted octanol–water partition coefficient (Wildman–Crippen LogP) is 2.66. The summed E-state index contributed by atoms with van der Waals surface area (Å²) in [6.45, 7) is 6.25. The maximum Gasteiger partial charge on any atom is 0.323 e. The fraction of sp³-hybridized carbons (Fsp3) is 0.615. The van der Waals surface area contributed by atoms with Crippen molar-refractivity contribution in [3.8, 4) is 0 Å². The normalized spacial score (nSPS) is 14.3. The van der Waals surface area contributed by atoms with Crippen LogP contribution in [0.1, 0.15) is 45.4 Å². The zero-order valence-electron chi connectivity index (χ0n) is 10.7. The van der Waals surface area contributed by atoms with E-state index in [0.717, 1.165) is 18.6 Å². The van der Waals surface area contributed by atoms with Crippen molar-refractivity contribution in [2.24, 2.45) is 0 Å². The second-order valence-electron chi connectivity index (χ2n) is 4.00. The molecule has 1 aromatic rings. The van der Waals surface area contributed by atoms with Crippen molar-refractivity contribution >= 4 is 5.97 Å². The number of furan rings is 1. The SMILES string of the molecule is CCCC(NC(C)c1ccco1)C(=O)OCC. The second kappa shape index (κ2) is 7.12. The Morgan fingerprint density at radius 2 is 2.29 bits per heavy atom. The highest BCUT2D eigenvalue weighted by Crippen LogP contribution is 2.14. The average molecular weight is 239 g/mol.